The van der Waals surface area contributed by atoms with Crippen LogP contribution in [0.25, 0.3) is 0 Å². The summed E-state index contributed by atoms with van der Waals surface area (Å²) in [4.78, 5) is 54.5. The topological polar surface area (TPSA) is 185 Å². The number of carbonyl (C=O) groups excluding carboxylic acids is 4. The van der Waals surface area contributed by atoms with Crippen molar-refractivity contribution in [3.05, 3.63) is 59.7 Å². The van der Waals surface area contributed by atoms with Gasteiger partial charge in [0.05, 0.1) is 36.3 Å². The number of ether oxygens (including phenoxy) is 7. The quantitative estimate of drug-likeness (QED) is 0.151. The minimum atomic E-state index is -2.02. The molecule has 1 amide bonds. The van der Waals surface area contributed by atoms with Crippen molar-refractivity contribution in [2.75, 3.05) is 6.61 Å². The van der Waals surface area contributed by atoms with E-state index in [0.717, 1.165) is 0 Å². The maximum atomic E-state index is 14.4. The molecular weight excluding hydrogens is 762 g/mol. The molecule has 14 nitrogen and oxygen atoms in total. The zero-order chi connectivity index (χ0) is 43.6. The van der Waals surface area contributed by atoms with Gasteiger partial charge in [-0.1, -0.05) is 71.9 Å². The Morgan fingerprint density at radius 1 is 1.05 bits per heavy atom. The summed E-state index contributed by atoms with van der Waals surface area (Å²) in [5.74, 6) is -3.85. The van der Waals surface area contributed by atoms with Crippen molar-refractivity contribution in [1.29, 1.82) is 0 Å². The summed E-state index contributed by atoms with van der Waals surface area (Å²) in [6, 6.07) is 7.32. The molecule has 0 radical (unpaired) electrons. The number of hydrogen-bond acceptors (Lipinski definition) is 13. The number of hydrogen-bond donors (Lipinski definition) is 3. The predicted molar refractivity (Wildman–Crippen MR) is 214 cm³/mol. The Labute approximate surface area is 347 Å². The fraction of sp³-hybridized carbons (Fsp3) is 0.689. The highest BCUT2D eigenvalue weighted by molar-refractivity contribution is 5.89. The van der Waals surface area contributed by atoms with Gasteiger partial charge in [-0.25, -0.2) is 14.4 Å². The maximum Gasteiger partial charge on any atom is 0.407 e. The second-order valence-corrected chi connectivity index (χ2v) is 19.3. The molecule has 5 aliphatic rings. The summed E-state index contributed by atoms with van der Waals surface area (Å²) < 4.78 is 44.1. The SMILES string of the molecule is C=CC1O[C@H]2C[C@H]3OC[C@@]3(OC(C)=O)[C@H]3[C@H](OC(=O)c4ccccc4)[C@]4(O)C[C@H](OC(=O)[C@H](O)[C@H](CC(C)C)NC(=O)OC(C)(C)C)C(C)=C([C@H](C)[C@H](O1)[C@]23C)C4(C)C. The molecule has 2 heterocycles. The number of benzene rings is 1. The van der Waals surface area contributed by atoms with Crippen LogP contribution >= 0.6 is 0 Å². The molecule has 1 unspecified atom stereocenters. The van der Waals surface area contributed by atoms with Crippen molar-refractivity contribution in [2.24, 2.45) is 28.6 Å². The number of nitrogens with one attached hydrogen (secondary N) is 1. The van der Waals surface area contributed by atoms with Crippen molar-refractivity contribution >= 4 is 24.0 Å². The van der Waals surface area contributed by atoms with Gasteiger partial charge in [0.15, 0.2) is 18.0 Å². The molecule has 0 spiro atoms. The largest absolute Gasteiger partial charge is 0.456 e. The van der Waals surface area contributed by atoms with Crippen molar-refractivity contribution in [3.8, 4) is 0 Å². The normalized spacial score (nSPS) is 36.8. The van der Waals surface area contributed by atoms with E-state index < -0.39 is 112 Å². The molecule has 59 heavy (non-hydrogen) atoms. The molecule has 2 aliphatic heterocycles. The molecule has 4 fully saturated rings. The molecule has 14 heteroatoms. The maximum absolute atomic E-state index is 14.4. The van der Waals surface area contributed by atoms with E-state index in [2.05, 4.69) is 11.9 Å². The van der Waals surface area contributed by atoms with Crippen molar-refractivity contribution in [1.82, 2.24) is 5.32 Å². The molecule has 6 rings (SSSR count). The first kappa shape index (κ1) is 44.7. The van der Waals surface area contributed by atoms with Crippen LogP contribution in [0.4, 0.5) is 4.79 Å². The standard InChI is InChI=1S/C45H63NO13/c1-13-32-55-30-20-31-44(22-53-31,58-26(6)47)35-37(57-38(49)27-17-15-14-16-18-27)45(52)21-29(24(4)33(42(45,10)11)25(5)36(56-32)43(30,35)12)54-39(50)34(48)28(19-23(2)3)46-40(51)59-41(7,8)9/h13-18,23,25,28-32,34-37,48,52H,1,19-22H2,2-12H3,(H,46,51)/t25-,28-,29-,30-,31+,32?,34+,35-,36-,37-,43+,44-,45+/m0/s1. The van der Waals surface area contributed by atoms with Gasteiger partial charge in [0.25, 0.3) is 0 Å². The van der Waals surface area contributed by atoms with Gasteiger partial charge in [0, 0.05) is 36.5 Å². The average molecular weight is 826 g/mol. The first-order valence-corrected chi connectivity index (χ1v) is 20.7. The zero-order valence-electron chi connectivity index (χ0n) is 36.2. The number of aliphatic hydroxyl groups is 2. The van der Waals surface area contributed by atoms with Crippen LogP contribution in [0.15, 0.2) is 54.1 Å². The predicted octanol–water partition coefficient (Wildman–Crippen LogP) is 5.57. The van der Waals surface area contributed by atoms with Gasteiger partial charge < -0.3 is 48.7 Å². The highest BCUT2D eigenvalue weighted by atomic mass is 16.7. The minimum absolute atomic E-state index is 0.0405. The van der Waals surface area contributed by atoms with Gasteiger partial charge in [-0.3, -0.25) is 4.79 Å². The molecule has 2 saturated heterocycles. The van der Waals surface area contributed by atoms with Gasteiger partial charge in [0.1, 0.15) is 29.5 Å². The van der Waals surface area contributed by atoms with Crippen LogP contribution in [0.1, 0.15) is 106 Å². The van der Waals surface area contributed by atoms with Crippen molar-refractivity contribution in [3.63, 3.8) is 0 Å². The smallest absolute Gasteiger partial charge is 0.407 e. The lowest BCUT2D eigenvalue weighted by atomic mass is 9.43. The minimum Gasteiger partial charge on any atom is -0.456 e. The Balaban J connectivity index is 1.51. The summed E-state index contributed by atoms with van der Waals surface area (Å²) in [5, 5.41) is 28.0. The Kier molecular flexibility index (Phi) is 12.1. The van der Waals surface area contributed by atoms with Crippen LogP contribution in [0, 0.1) is 28.6 Å². The fourth-order valence-corrected chi connectivity index (χ4v) is 11.0. The van der Waals surface area contributed by atoms with Crippen molar-refractivity contribution < 1.29 is 62.5 Å². The second-order valence-electron chi connectivity index (χ2n) is 19.3. The summed E-state index contributed by atoms with van der Waals surface area (Å²) in [7, 11) is 0. The molecule has 1 aromatic rings. The molecule has 0 aromatic heterocycles. The van der Waals surface area contributed by atoms with Crippen LogP contribution in [0.3, 0.4) is 0 Å². The Morgan fingerprint density at radius 3 is 2.27 bits per heavy atom. The lowest BCUT2D eigenvalue weighted by molar-refractivity contribution is -0.403. The van der Waals surface area contributed by atoms with E-state index in [0.29, 0.717) is 17.6 Å². The molecule has 2 bridgehead atoms. The van der Waals surface area contributed by atoms with E-state index in [1.807, 2.05) is 48.5 Å². The zero-order valence-corrected chi connectivity index (χ0v) is 36.2. The molecule has 3 aliphatic carbocycles. The summed E-state index contributed by atoms with van der Waals surface area (Å²) in [6.45, 7) is 23.6. The lowest BCUT2D eigenvalue weighted by Gasteiger charge is -2.71. The Morgan fingerprint density at radius 2 is 1.71 bits per heavy atom. The molecule has 326 valence electrons. The average Bonchev–Trinajstić information content (AvgIpc) is 3.12. The molecule has 3 N–H and O–H groups in total. The number of carbonyl (C=O) groups is 4. The Hall–Kier alpha value is -3.82. The highest BCUT2D eigenvalue weighted by Gasteiger charge is 2.79. The summed E-state index contributed by atoms with van der Waals surface area (Å²) in [6.07, 6.45) is -6.18. The van der Waals surface area contributed by atoms with Gasteiger partial charge in [0.2, 0.25) is 0 Å². The van der Waals surface area contributed by atoms with Gasteiger partial charge in [-0.15, -0.1) is 0 Å². The van der Waals surface area contributed by atoms with Crippen LogP contribution in [-0.4, -0.2) is 107 Å². The summed E-state index contributed by atoms with van der Waals surface area (Å²) in [5.41, 5.74) is -4.96. The molecule has 2 saturated carbocycles. The van der Waals surface area contributed by atoms with Gasteiger partial charge in [-0.05, 0) is 63.8 Å². The van der Waals surface area contributed by atoms with Crippen LogP contribution in [0.5, 0.6) is 0 Å². The van der Waals surface area contributed by atoms with Gasteiger partial charge in [-0.2, -0.15) is 0 Å². The van der Waals surface area contributed by atoms with E-state index in [1.165, 1.54) is 6.92 Å². The first-order valence-electron chi connectivity index (χ1n) is 20.7. The van der Waals surface area contributed by atoms with Crippen molar-refractivity contribution in [2.45, 2.75) is 161 Å². The third kappa shape index (κ3) is 7.73. The van der Waals surface area contributed by atoms with Crippen LogP contribution in [0.2, 0.25) is 0 Å². The number of amides is 1. The monoisotopic (exact) mass is 825 g/mol. The fourth-order valence-electron chi connectivity index (χ4n) is 11.0. The molecular formula is C45H63NO13. The summed E-state index contributed by atoms with van der Waals surface area (Å²) >= 11 is 0. The van der Waals surface area contributed by atoms with E-state index in [4.69, 9.17) is 33.2 Å². The molecule has 1 aromatic carbocycles. The lowest BCUT2D eigenvalue weighted by Crippen LogP contribution is -2.83. The van der Waals surface area contributed by atoms with Crippen LogP contribution < -0.4 is 5.32 Å². The van der Waals surface area contributed by atoms with E-state index >= 15 is 0 Å². The number of fused-ring (bicyclic) bond motifs is 4. The number of rotatable bonds is 10. The first-order chi connectivity index (χ1) is 27.4. The van der Waals surface area contributed by atoms with E-state index in [1.54, 1.807) is 57.2 Å². The van der Waals surface area contributed by atoms with Crippen LogP contribution in [-0.2, 0) is 42.7 Å². The third-order valence-corrected chi connectivity index (χ3v) is 13.5. The third-order valence-electron chi connectivity index (χ3n) is 13.5. The highest BCUT2D eigenvalue weighted by Crippen LogP contribution is 2.68. The van der Waals surface area contributed by atoms with E-state index in [-0.39, 0.29) is 30.9 Å². The number of esters is 3. The second kappa shape index (κ2) is 15.9. The number of aliphatic hydroxyl groups excluding tert-OH is 1. The van der Waals surface area contributed by atoms with Gasteiger partial charge >= 0.3 is 24.0 Å². The molecule has 13 atom stereocenters. The van der Waals surface area contributed by atoms with E-state index in [9.17, 15) is 29.4 Å². The number of alkyl carbamates (subject to hydrolysis) is 1. The Bertz CT molecular complexity index is 1840.